The fourth-order valence-electron chi connectivity index (χ4n) is 2.84. The number of methoxy groups -OCH3 is 1. The van der Waals surface area contributed by atoms with Crippen molar-refractivity contribution in [2.45, 2.75) is 44.9 Å². The lowest BCUT2D eigenvalue weighted by Gasteiger charge is -2.37. The van der Waals surface area contributed by atoms with Gasteiger partial charge in [0, 0.05) is 6.54 Å². The minimum atomic E-state index is -0.374. The molecule has 2 fully saturated rings. The van der Waals surface area contributed by atoms with E-state index in [0.717, 1.165) is 18.8 Å². The van der Waals surface area contributed by atoms with Crippen LogP contribution < -0.4 is 5.73 Å². The Kier molecular flexibility index (Phi) is 3.53. The summed E-state index contributed by atoms with van der Waals surface area (Å²) >= 11 is 0. The SMILES string of the molecule is COC(=O)C(CN)(CC1CCC1)CC1CC1. The van der Waals surface area contributed by atoms with E-state index in [1.54, 1.807) is 0 Å². The fraction of sp³-hybridized carbons (Fsp3) is 0.923. The van der Waals surface area contributed by atoms with E-state index in [2.05, 4.69) is 0 Å². The quantitative estimate of drug-likeness (QED) is 0.704. The van der Waals surface area contributed by atoms with Gasteiger partial charge in [-0.1, -0.05) is 32.1 Å². The maximum Gasteiger partial charge on any atom is 0.313 e. The van der Waals surface area contributed by atoms with E-state index in [1.807, 2.05) is 0 Å². The van der Waals surface area contributed by atoms with E-state index in [0.29, 0.717) is 12.5 Å². The third kappa shape index (κ3) is 2.40. The molecule has 1 unspecified atom stereocenters. The van der Waals surface area contributed by atoms with Crippen LogP contribution in [-0.4, -0.2) is 19.6 Å². The molecular formula is C13H23NO2. The van der Waals surface area contributed by atoms with Crippen LogP contribution in [0.25, 0.3) is 0 Å². The Morgan fingerprint density at radius 3 is 2.12 bits per heavy atom. The van der Waals surface area contributed by atoms with E-state index < -0.39 is 0 Å². The number of carbonyl (C=O) groups is 1. The van der Waals surface area contributed by atoms with Gasteiger partial charge in [-0.15, -0.1) is 0 Å². The second-order valence-corrected chi connectivity index (χ2v) is 5.62. The summed E-state index contributed by atoms with van der Waals surface area (Å²) in [6.07, 6.45) is 8.29. The highest BCUT2D eigenvalue weighted by Gasteiger charge is 2.45. The topological polar surface area (TPSA) is 52.3 Å². The van der Waals surface area contributed by atoms with E-state index >= 15 is 0 Å². The van der Waals surface area contributed by atoms with Gasteiger partial charge < -0.3 is 10.5 Å². The van der Waals surface area contributed by atoms with Gasteiger partial charge in [0.2, 0.25) is 0 Å². The summed E-state index contributed by atoms with van der Waals surface area (Å²) in [6, 6.07) is 0. The molecule has 0 saturated heterocycles. The predicted molar refractivity (Wildman–Crippen MR) is 62.8 cm³/mol. The van der Waals surface area contributed by atoms with Gasteiger partial charge in [-0.3, -0.25) is 4.79 Å². The van der Waals surface area contributed by atoms with Crippen LogP contribution in [0.1, 0.15) is 44.9 Å². The van der Waals surface area contributed by atoms with Crippen LogP contribution in [0.5, 0.6) is 0 Å². The first-order valence-electron chi connectivity index (χ1n) is 6.48. The average molecular weight is 225 g/mol. The summed E-state index contributed by atoms with van der Waals surface area (Å²) in [5, 5.41) is 0. The van der Waals surface area contributed by atoms with Crippen LogP contribution >= 0.6 is 0 Å². The first kappa shape index (κ1) is 11.9. The summed E-state index contributed by atoms with van der Waals surface area (Å²) < 4.78 is 4.99. The monoisotopic (exact) mass is 225 g/mol. The molecule has 0 spiro atoms. The molecule has 0 bridgehead atoms. The van der Waals surface area contributed by atoms with Crippen LogP contribution in [-0.2, 0) is 9.53 Å². The molecule has 2 aliphatic rings. The van der Waals surface area contributed by atoms with Crippen molar-refractivity contribution in [2.75, 3.05) is 13.7 Å². The number of esters is 1. The molecule has 2 N–H and O–H groups in total. The minimum absolute atomic E-state index is 0.0752. The van der Waals surface area contributed by atoms with Crippen LogP contribution in [0, 0.1) is 17.3 Å². The van der Waals surface area contributed by atoms with Crippen LogP contribution in [0.2, 0.25) is 0 Å². The lowest BCUT2D eigenvalue weighted by atomic mass is 9.69. The van der Waals surface area contributed by atoms with Crippen molar-refractivity contribution in [1.29, 1.82) is 0 Å². The van der Waals surface area contributed by atoms with Gasteiger partial charge in [-0.25, -0.2) is 0 Å². The maximum absolute atomic E-state index is 12.0. The molecule has 16 heavy (non-hydrogen) atoms. The first-order chi connectivity index (χ1) is 7.70. The standard InChI is InChI=1S/C13H23NO2/c1-16-12(15)13(9-14,8-11-5-6-11)7-10-3-2-4-10/h10-11H,2-9,14H2,1H3. The molecular weight excluding hydrogens is 202 g/mol. The first-order valence-corrected chi connectivity index (χ1v) is 6.48. The molecule has 1 atom stereocenters. The van der Waals surface area contributed by atoms with Gasteiger partial charge in [-0.2, -0.15) is 0 Å². The molecule has 2 rings (SSSR count). The van der Waals surface area contributed by atoms with Crippen molar-refractivity contribution < 1.29 is 9.53 Å². The van der Waals surface area contributed by atoms with Crippen molar-refractivity contribution in [3.8, 4) is 0 Å². The second-order valence-electron chi connectivity index (χ2n) is 5.62. The minimum Gasteiger partial charge on any atom is -0.469 e. The zero-order chi connectivity index (χ0) is 11.6. The van der Waals surface area contributed by atoms with Crippen molar-refractivity contribution in [2.24, 2.45) is 23.0 Å². The van der Waals surface area contributed by atoms with Crippen molar-refractivity contribution >= 4 is 5.97 Å². The zero-order valence-electron chi connectivity index (χ0n) is 10.2. The molecule has 0 aromatic rings. The van der Waals surface area contributed by atoms with E-state index in [-0.39, 0.29) is 11.4 Å². The maximum atomic E-state index is 12.0. The Morgan fingerprint density at radius 1 is 1.25 bits per heavy atom. The predicted octanol–water partition coefficient (Wildman–Crippen LogP) is 2.09. The Hall–Kier alpha value is -0.570. The number of hydrogen-bond donors (Lipinski definition) is 1. The second kappa shape index (κ2) is 4.74. The average Bonchev–Trinajstić information content (AvgIpc) is 3.04. The summed E-state index contributed by atoms with van der Waals surface area (Å²) in [4.78, 5) is 12.0. The summed E-state index contributed by atoms with van der Waals surface area (Å²) in [5.41, 5.74) is 5.51. The molecule has 0 radical (unpaired) electrons. The van der Waals surface area contributed by atoms with Gasteiger partial charge in [0.15, 0.2) is 0 Å². The lowest BCUT2D eigenvalue weighted by Crippen LogP contribution is -2.42. The highest BCUT2D eigenvalue weighted by Crippen LogP contribution is 2.46. The Balaban J connectivity index is 2.02. The van der Waals surface area contributed by atoms with Crippen LogP contribution in [0.15, 0.2) is 0 Å². The molecule has 0 heterocycles. The van der Waals surface area contributed by atoms with Crippen molar-refractivity contribution in [1.82, 2.24) is 0 Å². The van der Waals surface area contributed by atoms with Gasteiger partial charge in [0.25, 0.3) is 0 Å². The zero-order valence-corrected chi connectivity index (χ0v) is 10.2. The molecule has 0 aromatic heterocycles. The van der Waals surface area contributed by atoms with Crippen molar-refractivity contribution in [3.63, 3.8) is 0 Å². The normalized spacial score (nSPS) is 24.6. The summed E-state index contributed by atoms with van der Waals surface area (Å²) in [6.45, 7) is 0.451. The van der Waals surface area contributed by atoms with Gasteiger partial charge in [-0.05, 0) is 24.7 Å². The Bertz CT molecular complexity index is 259. The third-order valence-corrected chi connectivity index (χ3v) is 4.29. The third-order valence-electron chi connectivity index (χ3n) is 4.29. The largest absolute Gasteiger partial charge is 0.469 e. The lowest BCUT2D eigenvalue weighted by molar-refractivity contribution is -0.154. The number of nitrogens with two attached hydrogens (primary N) is 1. The number of rotatable bonds is 6. The molecule has 3 nitrogen and oxygen atoms in total. The molecule has 3 heteroatoms. The van der Waals surface area contributed by atoms with Crippen LogP contribution in [0.3, 0.4) is 0 Å². The van der Waals surface area contributed by atoms with E-state index in [4.69, 9.17) is 10.5 Å². The van der Waals surface area contributed by atoms with Crippen molar-refractivity contribution in [3.05, 3.63) is 0 Å². The smallest absolute Gasteiger partial charge is 0.313 e. The van der Waals surface area contributed by atoms with E-state index in [9.17, 15) is 4.79 Å². The number of carbonyl (C=O) groups excluding carboxylic acids is 1. The Morgan fingerprint density at radius 2 is 1.81 bits per heavy atom. The van der Waals surface area contributed by atoms with E-state index in [1.165, 1.54) is 39.2 Å². The van der Waals surface area contributed by atoms with Gasteiger partial charge in [0.1, 0.15) is 0 Å². The molecule has 2 saturated carbocycles. The molecule has 0 amide bonds. The molecule has 0 aliphatic heterocycles. The summed E-state index contributed by atoms with van der Waals surface area (Å²) in [5.74, 6) is 1.36. The van der Waals surface area contributed by atoms with Gasteiger partial charge >= 0.3 is 5.97 Å². The fourth-order valence-corrected chi connectivity index (χ4v) is 2.84. The van der Waals surface area contributed by atoms with Gasteiger partial charge in [0.05, 0.1) is 12.5 Å². The Labute approximate surface area is 97.7 Å². The highest BCUT2D eigenvalue weighted by atomic mass is 16.5. The number of ether oxygens (including phenoxy) is 1. The molecule has 92 valence electrons. The molecule has 2 aliphatic carbocycles. The number of hydrogen-bond acceptors (Lipinski definition) is 3. The highest BCUT2D eigenvalue weighted by molar-refractivity contribution is 5.77. The summed E-state index contributed by atoms with van der Waals surface area (Å²) in [7, 11) is 1.49. The molecule has 0 aromatic carbocycles. The van der Waals surface area contributed by atoms with Crippen LogP contribution in [0.4, 0.5) is 0 Å².